The van der Waals surface area contributed by atoms with E-state index in [0.717, 1.165) is 25.3 Å². The lowest BCUT2D eigenvalue weighted by Gasteiger charge is -2.31. The first kappa shape index (κ1) is 24.8. The van der Waals surface area contributed by atoms with Crippen LogP contribution in [0.4, 0.5) is 18.9 Å². The number of piperidine rings is 1. The van der Waals surface area contributed by atoms with Gasteiger partial charge in [-0.3, -0.25) is 14.3 Å². The van der Waals surface area contributed by atoms with Crippen LogP contribution in [-0.2, 0) is 6.18 Å². The van der Waals surface area contributed by atoms with Crippen LogP contribution in [-0.4, -0.2) is 39.7 Å². The molecular formula is C29H24F3N5O2. The molecule has 10 heteroatoms. The highest BCUT2D eigenvalue weighted by Gasteiger charge is 2.36. The van der Waals surface area contributed by atoms with Crippen molar-refractivity contribution in [1.82, 2.24) is 19.5 Å². The van der Waals surface area contributed by atoms with Crippen LogP contribution in [0, 0.1) is 0 Å². The van der Waals surface area contributed by atoms with E-state index in [1.807, 2.05) is 0 Å². The average molecular weight is 532 g/mol. The molecule has 0 N–H and O–H groups in total. The molecule has 7 nitrogen and oxygen atoms in total. The van der Waals surface area contributed by atoms with Gasteiger partial charge in [0.2, 0.25) is 5.88 Å². The SMILES string of the molecule is COc1ccc(-c2ccc3ncc4ccc(=O)n(-c5ccc(N6CCCCC6)c(C(F)(F)F)c5)c4c3n2)cn1. The number of nitrogens with zero attached hydrogens (tertiary/aromatic N) is 5. The van der Waals surface area contributed by atoms with Gasteiger partial charge in [0.15, 0.2) is 0 Å². The van der Waals surface area contributed by atoms with E-state index in [-0.39, 0.29) is 11.4 Å². The van der Waals surface area contributed by atoms with Gasteiger partial charge in [0, 0.05) is 54.3 Å². The number of ether oxygens (including phenoxy) is 1. The summed E-state index contributed by atoms with van der Waals surface area (Å²) in [4.78, 5) is 28.5. The molecule has 0 amide bonds. The van der Waals surface area contributed by atoms with Crippen LogP contribution in [0.25, 0.3) is 38.9 Å². The molecule has 6 rings (SSSR count). The summed E-state index contributed by atoms with van der Waals surface area (Å²) in [7, 11) is 1.52. The summed E-state index contributed by atoms with van der Waals surface area (Å²) in [6, 6.07) is 14.1. The van der Waals surface area contributed by atoms with E-state index in [4.69, 9.17) is 9.72 Å². The van der Waals surface area contributed by atoms with E-state index in [9.17, 15) is 18.0 Å². The average Bonchev–Trinajstić information content (AvgIpc) is 2.96. The maximum Gasteiger partial charge on any atom is 0.418 e. The second-order valence-electron chi connectivity index (χ2n) is 9.47. The van der Waals surface area contributed by atoms with Crippen LogP contribution in [0.1, 0.15) is 24.8 Å². The smallest absolute Gasteiger partial charge is 0.418 e. The van der Waals surface area contributed by atoms with E-state index in [2.05, 4.69) is 9.97 Å². The van der Waals surface area contributed by atoms with E-state index in [0.29, 0.717) is 52.2 Å². The second-order valence-corrected chi connectivity index (χ2v) is 9.47. The molecule has 5 aromatic rings. The lowest BCUT2D eigenvalue weighted by Crippen LogP contribution is -2.31. The normalized spacial score (nSPS) is 14.2. The van der Waals surface area contributed by atoms with Gasteiger partial charge >= 0.3 is 6.18 Å². The van der Waals surface area contributed by atoms with Crippen LogP contribution in [0.2, 0.25) is 0 Å². The summed E-state index contributed by atoms with van der Waals surface area (Å²) in [5, 5.41) is 0.577. The molecule has 1 aliphatic heterocycles. The third-order valence-electron chi connectivity index (χ3n) is 7.05. The molecule has 198 valence electrons. The molecule has 0 radical (unpaired) electrons. The Balaban J connectivity index is 1.58. The quantitative estimate of drug-likeness (QED) is 0.264. The highest BCUT2D eigenvalue weighted by molar-refractivity contribution is 6.02. The van der Waals surface area contributed by atoms with Gasteiger partial charge in [-0.2, -0.15) is 13.2 Å². The minimum absolute atomic E-state index is 0.115. The molecule has 0 aliphatic carbocycles. The number of methoxy groups -OCH3 is 1. The summed E-state index contributed by atoms with van der Waals surface area (Å²) < 4.78 is 49.3. The van der Waals surface area contributed by atoms with Crippen molar-refractivity contribution in [3.63, 3.8) is 0 Å². The number of alkyl halides is 3. The standard InChI is InChI=1S/C29H24F3N5O2/c1-39-25-11-5-18(16-34-25)22-8-9-23-27(35-22)28-19(17-33-23)6-12-26(38)37(28)20-7-10-24(21(15-20)29(30,31)32)36-13-3-2-4-14-36/h5-12,15-17H,2-4,13-14H2,1H3. The molecule has 0 spiro atoms. The van der Waals surface area contributed by atoms with Crippen LogP contribution >= 0.6 is 0 Å². The predicted molar refractivity (Wildman–Crippen MR) is 143 cm³/mol. The number of aromatic nitrogens is 4. The van der Waals surface area contributed by atoms with Crippen molar-refractivity contribution in [2.45, 2.75) is 25.4 Å². The summed E-state index contributed by atoms with van der Waals surface area (Å²) in [6.07, 6.45) is 1.32. The molecule has 4 aromatic heterocycles. The van der Waals surface area contributed by atoms with Crippen molar-refractivity contribution in [3.8, 4) is 22.8 Å². The Bertz CT molecular complexity index is 1740. The topological polar surface area (TPSA) is 73.1 Å². The van der Waals surface area contributed by atoms with Gasteiger partial charge in [-0.25, -0.2) is 9.97 Å². The van der Waals surface area contributed by atoms with Crippen molar-refractivity contribution in [3.05, 3.63) is 82.9 Å². The summed E-state index contributed by atoms with van der Waals surface area (Å²) in [5.41, 5.74) is 1.60. The number of pyridine rings is 4. The molecule has 5 heterocycles. The van der Waals surface area contributed by atoms with Crippen molar-refractivity contribution >= 4 is 27.6 Å². The van der Waals surface area contributed by atoms with Gasteiger partial charge in [-0.05, 0) is 61.7 Å². The molecule has 1 aromatic carbocycles. The van der Waals surface area contributed by atoms with Crippen LogP contribution < -0.4 is 15.2 Å². The summed E-state index contributed by atoms with van der Waals surface area (Å²) >= 11 is 0. The number of benzene rings is 1. The van der Waals surface area contributed by atoms with E-state index in [1.54, 1.807) is 53.7 Å². The Morgan fingerprint density at radius 2 is 1.72 bits per heavy atom. The number of halogens is 3. The Morgan fingerprint density at radius 3 is 2.44 bits per heavy atom. The zero-order valence-electron chi connectivity index (χ0n) is 21.1. The third kappa shape index (κ3) is 4.56. The molecule has 1 aliphatic rings. The lowest BCUT2D eigenvalue weighted by atomic mass is 10.1. The molecule has 0 unspecified atom stereocenters. The van der Waals surface area contributed by atoms with E-state index in [1.165, 1.54) is 23.8 Å². The third-order valence-corrected chi connectivity index (χ3v) is 7.05. The molecule has 0 bridgehead atoms. The zero-order chi connectivity index (χ0) is 27.1. The van der Waals surface area contributed by atoms with Crippen LogP contribution in [0.5, 0.6) is 5.88 Å². The Kier molecular flexibility index (Phi) is 6.17. The fraction of sp³-hybridized carbons (Fsp3) is 0.241. The number of fused-ring (bicyclic) bond motifs is 3. The number of anilines is 1. The Labute approximate surface area is 221 Å². The van der Waals surface area contributed by atoms with Gasteiger partial charge in [0.05, 0.1) is 35.1 Å². The highest BCUT2D eigenvalue weighted by Crippen LogP contribution is 2.39. The lowest BCUT2D eigenvalue weighted by molar-refractivity contribution is -0.137. The first-order valence-corrected chi connectivity index (χ1v) is 12.6. The first-order chi connectivity index (χ1) is 18.8. The summed E-state index contributed by atoms with van der Waals surface area (Å²) in [5.74, 6) is 0.453. The molecule has 0 atom stereocenters. The Morgan fingerprint density at radius 1 is 0.897 bits per heavy atom. The predicted octanol–water partition coefficient (Wildman–Crippen LogP) is 6.01. The van der Waals surface area contributed by atoms with Gasteiger partial charge in [0.1, 0.15) is 5.52 Å². The van der Waals surface area contributed by atoms with Gasteiger partial charge in [0.25, 0.3) is 5.56 Å². The van der Waals surface area contributed by atoms with Gasteiger partial charge in [-0.15, -0.1) is 0 Å². The van der Waals surface area contributed by atoms with Gasteiger partial charge < -0.3 is 9.64 Å². The number of hydrogen-bond donors (Lipinski definition) is 0. The summed E-state index contributed by atoms with van der Waals surface area (Å²) in [6.45, 7) is 1.14. The van der Waals surface area contributed by atoms with Crippen molar-refractivity contribution in [2.24, 2.45) is 0 Å². The maximum atomic E-state index is 14.3. The van der Waals surface area contributed by atoms with Crippen LogP contribution in [0.15, 0.2) is 71.8 Å². The van der Waals surface area contributed by atoms with E-state index < -0.39 is 17.3 Å². The molecule has 39 heavy (non-hydrogen) atoms. The number of rotatable bonds is 4. The van der Waals surface area contributed by atoms with Crippen molar-refractivity contribution < 1.29 is 17.9 Å². The fourth-order valence-corrected chi connectivity index (χ4v) is 5.14. The Hall–Kier alpha value is -4.47. The molecule has 1 fully saturated rings. The monoisotopic (exact) mass is 531 g/mol. The minimum Gasteiger partial charge on any atom is -0.481 e. The zero-order valence-corrected chi connectivity index (χ0v) is 21.1. The fourth-order valence-electron chi connectivity index (χ4n) is 5.14. The van der Waals surface area contributed by atoms with Crippen molar-refractivity contribution in [2.75, 3.05) is 25.1 Å². The molecular weight excluding hydrogens is 507 g/mol. The maximum absolute atomic E-state index is 14.3. The second kappa shape index (κ2) is 9.68. The first-order valence-electron chi connectivity index (χ1n) is 12.6. The minimum atomic E-state index is -4.59. The van der Waals surface area contributed by atoms with Crippen molar-refractivity contribution in [1.29, 1.82) is 0 Å². The number of hydrogen-bond acceptors (Lipinski definition) is 6. The molecule has 1 saturated heterocycles. The molecule has 0 saturated carbocycles. The largest absolute Gasteiger partial charge is 0.481 e. The van der Waals surface area contributed by atoms with Gasteiger partial charge in [-0.1, -0.05) is 0 Å². The highest BCUT2D eigenvalue weighted by atomic mass is 19.4. The van der Waals surface area contributed by atoms with E-state index >= 15 is 0 Å². The van der Waals surface area contributed by atoms with Crippen LogP contribution in [0.3, 0.4) is 0 Å².